The number of carbonyl (C=O) groups excluding carboxylic acids is 1. The minimum absolute atomic E-state index is 0.184. The Labute approximate surface area is 92.7 Å². The van der Waals surface area contributed by atoms with Crippen molar-refractivity contribution in [1.82, 2.24) is 4.57 Å². The van der Waals surface area contributed by atoms with Crippen LogP contribution in [0.5, 0.6) is 5.75 Å². The van der Waals surface area contributed by atoms with Gasteiger partial charge in [0.15, 0.2) is 0 Å². The summed E-state index contributed by atoms with van der Waals surface area (Å²) < 4.78 is 6.36. The highest BCUT2D eigenvalue weighted by Crippen LogP contribution is 2.16. The predicted molar refractivity (Wildman–Crippen MR) is 58.8 cm³/mol. The Morgan fingerprint density at radius 3 is 2.81 bits per heavy atom. The minimum atomic E-state index is -0.377. The normalized spacial score (nSPS) is 10.1. The van der Waals surface area contributed by atoms with E-state index >= 15 is 0 Å². The Kier molecular flexibility index (Phi) is 2.64. The molecular weight excluding hydrogens is 206 g/mol. The molecule has 82 valence electrons. The lowest BCUT2D eigenvalue weighted by molar-refractivity contribution is 0.0600. The largest absolute Gasteiger partial charge is 0.506 e. The standard InChI is InChI=1S/C12H11NO3/c1-16-12(15)9-3-2-4-10(7-9)13-6-5-11(14)8-13/h2-8,14H,1H3. The van der Waals surface area contributed by atoms with Gasteiger partial charge in [-0.25, -0.2) is 4.79 Å². The van der Waals surface area contributed by atoms with Gasteiger partial charge in [-0.05, 0) is 24.3 Å². The number of aromatic hydroxyl groups is 1. The zero-order valence-electron chi connectivity index (χ0n) is 8.75. The van der Waals surface area contributed by atoms with Crippen LogP contribution in [0.25, 0.3) is 5.69 Å². The topological polar surface area (TPSA) is 51.5 Å². The van der Waals surface area contributed by atoms with Crippen LogP contribution >= 0.6 is 0 Å². The third-order valence-corrected chi connectivity index (χ3v) is 2.24. The molecule has 4 heteroatoms. The molecule has 4 nitrogen and oxygen atoms in total. The molecule has 1 aromatic carbocycles. The molecule has 1 heterocycles. The molecule has 0 bridgehead atoms. The first kappa shape index (κ1) is 10.3. The Hall–Kier alpha value is -2.23. The molecule has 16 heavy (non-hydrogen) atoms. The van der Waals surface area contributed by atoms with Crippen LogP contribution in [0.4, 0.5) is 0 Å². The summed E-state index contributed by atoms with van der Waals surface area (Å²) in [6, 6.07) is 8.55. The van der Waals surface area contributed by atoms with Crippen LogP contribution in [0.1, 0.15) is 10.4 Å². The molecular formula is C12H11NO3. The summed E-state index contributed by atoms with van der Waals surface area (Å²) in [5.41, 5.74) is 1.27. The summed E-state index contributed by atoms with van der Waals surface area (Å²) in [7, 11) is 1.34. The molecule has 0 aliphatic carbocycles. The minimum Gasteiger partial charge on any atom is -0.506 e. The Balaban J connectivity index is 2.39. The number of methoxy groups -OCH3 is 1. The second-order valence-corrected chi connectivity index (χ2v) is 3.32. The Morgan fingerprint density at radius 1 is 1.38 bits per heavy atom. The van der Waals surface area contributed by atoms with Crippen LogP contribution in [0.2, 0.25) is 0 Å². The fourth-order valence-electron chi connectivity index (χ4n) is 1.46. The van der Waals surface area contributed by atoms with Gasteiger partial charge >= 0.3 is 5.97 Å². The van der Waals surface area contributed by atoms with Gasteiger partial charge in [0.05, 0.1) is 18.9 Å². The van der Waals surface area contributed by atoms with Crippen molar-refractivity contribution in [2.75, 3.05) is 7.11 Å². The number of rotatable bonds is 2. The molecule has 1 N–H and O–H groups in total. The monoisotopic (exact) mass is 217 g/mol. The molecule has 0 aliphatic rings. The van der Waals surface area contributed by atoms with Crippen molar-refractivity contribution in [3.63, 3.8) is 0 Å². The van der Waals surface area contributed by atoms with Gasteiger partial charge in [0.25, 0.3) is 0 Å². The molecule has 0 aliphatic heterocycles. The maximum Gasteiger partial charge on any atom is 0.337 e. The number of esters is 1. The van der Waals surface area contributed by atoms with Crippen LogP contribution in [0.3, 0.4) is 0 Å². The highest BCUT2D eigenvalue weighted by molar-refractivity contribution is 5.89. The number of carbonyl (C=O) groups is 1. The van der Waals surface area contributed by atoms with Crippen LogP contribution in [0, 0.1) is 0 Å². The fourth-order valence-corrected chi connectivity index (χ4v) is 1.46. The van der Waals surface area contributed by atoms with Gasteiger partial charge in [0.1, 0.15) is 5.75 Å². The number of hydrogen-bond donors (Lipinski definition) is 1. The molecule has 2 aromatic rings. The average molecular weight is 217 g/mol. The smallest absolute Gasteiger partial charge is 0.337 e. The molecule has 0 amide bonds. The summed E-state index contributed by atoms with van der Waals surface area (Å²) in [5.74, 6) is -0.193. The summed E-state index contributed by atoms with van der Waals surface area (Å²) in [5, 5.41) is 9.23. The zero-order valence-corrected chi connectivity index (χ0v) is 8.75. The lowest BCUT2D eigenvalue weighted by Gasteiger charge is -2.04. The molecule has 0 saturated heterocycles. The van der Waals surface area contributed by atoms with Gasteiger partial charge < -0.3 is 14.4 Å². The maximum atomic E-state index is 11.3. The Bertz CT molecular complexity index is 516. The molecule has 2 rings (SSSR count). The number of nitrogens with zero attached hydrogens (tertiary/aromatic N) is 1. The second-order valence-electron chi connectivity index (χ2n) is 3.32. The van der Waals surface area contributed by atoms with Gasteiger partial charge in [0.2, 0.25) is 0 Å². The van der Waals surface area contributed by atoms with Crippen LogP contribution < -0.4 is 0 Å². The van der Waals surface area contributed by atoms with Gasteiger partial charge in [0, 0.05) is 11.9 Å². The molecule has 0 unspecified atom stereocenters. The summed E-state index contributed by atoms with van der Waals surface area (Å²) in [6.45, 7) is 0. The van der Waals surface area contributed by atoms with E-state index in [4.69, 9.17) is 0 Å². The third kappa shape index (κ3) is 1.91. The highest BCUT2D eigenvalue weighted by atomic mass is 16.5. The average Bonchev–Trinajstić information content (AvgIpc) is 2.75. The van der Waals surface area contributed by atoms with Crippen molar-refractivity contribution in [1.29, 1.82) is 0 Å². The van der Waals surface area contributed by atoms with E-state index in [1.54, 1.807) is 41.2 Å². The molecule has 1 aromatic heterocycles. The van der Waals surface area contributed by atoms with E-state index in [9.17, 15) is 9.90 Å². The van der Waals surface area contributed by atoms with Crippen LogP contribution in [-0.4, -0.2) is 22.8 Å². The number of aromatic nitrogens is 1. The predicted octanol–water partition coefficient (Wildman–Crippen LogP) is 1.97. The van der Waals surface area contributed by atoms with Crippen molar-refractivity contribution < 1.29 is 14.6 Å². The van der Waals surface area contributed by atoms with E-state index < -0.39 is 0 Å². The van der Waals surface area contributed by atoms with E-state index in [2.05, 4.69) is 4.74 Å². The first-order valence-corrected chi connectivity index (χ1v) is 4.76. The van der Waals surface area contributed by atoms with Crippen LogP contribution in [0.15, 0.2) is 42.7 Å². The van der Waals surface area contributed by atoms with E-state index in [1.807, 2.05) is 6.07 Å². The lowest BCUT2D eigenvalue weighted by Crippen LogP contribution is -2.02. The van der Waals surface area contributed by atoms with E-state index in [-0.39, 0.29) is 11.7 Å². The van der Waals surface area contributed by atoms with Crippen LogP contribution in [-0.2, 0) is 4.74 Å². The maximum absolute atomic E-state index is 11.3. The molecule has 0 spiro atoms. The zero-order chi connectivity index (χ0) is 11.5. The van der Waals surface area contributed by atoms with Crippen molar-refractivity contribution in [3.8, 4) is 11.4 Å². The number of benzene rings is 1. The number of hydrogen-bond acceptors (Lipinski definition) is 3. The van der Waals surface area contributed by atoms with Crippen molar-refractivity contribution >= 4 is 5.97 Å². The fraction of sp³-hybridized carbons (Fsp3) is 0.0833. The SMILES string of the molecule is COC(=O)c1cccc(-n2ccc(O)c2)c1. The summed E-state index contributed by atoms with van der Waals surface area (Å²) in [4.78, 5) is 11.3. The van der Waals surface area contributed by atoms with Gasteiger partial charge in [-0.2, -0.15) is 0 Å². The van der Waals surface area contributed by atoms with Crippen molar-refractivity contribution in [2.24, 2.45) is 0 Å². The van der Waals surface area contributed by atoms with E-state index in [0.29, 0.717) is 5.56 Å². The molecule has 0 fully saturated rings. The summed E-state index contributed by atoms with van der Waals surface area (Å²) >= 11 is 0. The van der Waals surface area contributed by atoms with Gasteiger partial charge in [-0.3, -0.25) is 0 Å². The molecule has 0 radical (unpaired) electrons. The lowest BCUT2D eigenvalue weighted by atomic mass is 10.2. The van der Waals surface area contributed by atoms with Gasteiger partial charge in [-0.15, -0.1) is 0 Å². The van der Waals surface area contributed by atoms with E-state index in [1.165, 1.54) is 7.11 Å². The van der Waals surface area contributed by atoms with Crippen molar-refractivity contribution in [3.05, 3.63) is 48.3 Å². The number of ether oxygens (including phenoxy) is 1. The van der Waals surface area contributed by atoms with E-state index in [0.717, 1.165) is 5.69 Å². The van der Waals surface area contributed by atoms with Crippen molar-refractivity contribution in [2.45, 2.75) is 0 Å². The molecule has 0 saturated carbocycles. The molecule has 0 atom stereocenters. The second kappa shape index (κ2) is 4.10. The third-order valence-electron chi connectivity index (χ3n) is 2.24. The summed E-state index contributed by atoms with van der Waals surface area (Å²) in [6.07, 6.45) is 3.28. The van der Waals surface area contributed by atoms with Gasteiger partial charge in [-0.1, -0.05) is 6.07 Å². The highest BCUT2D eigenvalue weighted by Gasteiger charge is 2.06. The Morgan fingerprint density at radius 2 is 2.19 bits per heavy atom. The first-order valence-electron chi connectivity index (χ1n) is 4.76. The quantitative estimate of drug-likeness (QED) is 0.782. The first-order chi connectivity index (χ1) is 7.70.